The van der Waals surface area contributed by atoms with Crippen molar-refractivity contribution in [2.75, 3.05) is 19.8 Å². The van der Waals surface area contributed by atoms with E-state index in [4.69, 9.17) is 0 Å². The third-order valence-electron chi connectivity index (χ3n) is 0.665. The minimum absolute atomic E-state index is 0. The average molecular weight is 219 g/mol. The van der Waals surface area contributed by atoms with Gasteiger partial charge in [0.15, 0.2) is 0 Å². The van der Waals surface area contributed by atoms with Gasteiger partial charge in [0.1, 0.15) is 0 Å². The molecule has 0 aliphatic rings. The van der Waals surface area contributed by atoms with Crippen molar-refractivity contribution in [2.24, 2.45) is 0 Å². The van der Waals surface area contributed by atoms with Gasteiger partial charge in [0.05, 0.1) is 10.1 Å². The summed E-state index contributed by atoms with van der Waals surface area (Å²) in [6.07, 6.45) is 1.16. The second kappa shape index (κ2) is 10.5. The Morgan fingerprint density at radius 2 is 1.69 bits per heavy atom. The van der Waals surface area contributed by atoms with Crippen LogP contribution >= 0.6 is 0 Å². The molecule has 13 heavy (non-hydrogen) atoms. The van der Waals surface area contributed by atoms with Crippen molar-refractivity contribution in [2.45, 2.75) is 13.3 Å². The molecule has 0 heterocycles. The molecule has 74 valence electrons. The summed E-state index contributed by atoms with van der Waals surface area (Å²) in [5.41, 5.74) is 0. The topological polar surface area (TPSA) is 77.5 Å². The Bertz CT molecular complexity index is 203. The molecule has 0 unspecified atom stereocenters. The van der Waals surface area contributed by atoms with E-state index in [1.165, 1.54) is 4.90 Å². The molecule has 0 N–H and O–H groups in total. The van der Waals surface area contributed by atoms with Crippen molar-refractivity contribution in [1.82, 2.24) is 4.90 Å². The Balaban J connectivity index is -0.000000150. The maximum atomic E-state index is 9.68. The zero-order chi connectivity index (χ0) is 10.2. The molecular formula is C6H14NNaO4S. The summed E-state index contributed by atoms with van der Waals surface area (Å²) in [6, 6.07) is 0. The molecule has 0 rings (SSSR count). The summed E-state index contributed by atoms with van der Waals surface area (Å²) in [5.74, 6) is -0.243. The summed E-state index contributed by atoms with van der Waals surface area (Å²) >= 11 is 0. The number of carbonyl (C=O) groups is 1. The number of carbonyl (C=O) groups excluding carboxylic acids is 1. The van der Waals surface area contributed by atoms with Gasteiger partial charge in [-0.2, -0.15) is 0 Å². The Kier molecular flexibility index (Phi) is 15.3. The van der Waals surface area contributed by atoms with Crippen LogP contribution in [0.3, 0.4) is 0 Å². The number of nitrogens with zero attached hydrogens (tertiary/aromatic N) is 1. The Morgan fingerprint density at radius 1 is 1.38 bits per heavy atom. The Hall–Kier alpha value is 0.380. The van der Waals surface area contributed by atoms with Gasteiger partial charge in [0.2, 0.25) is 6.41 Å². The molecule has 0 saturated carbocycles. The second-order valence-corrected chi connectivity index (χ2v) is 3.85. The maximum absolute atomic E-state index is 9.68. The van der Waals surface area contributed by atoms with Crippen LogP contribution in [-0.4, -0.2) is 44.1 Å². The van der Waals surface area contributed by atoms with Crippen molar-refractivity contribution >= 4 is 16.5 Å². The van der Waals surface area contributed by atoms with E-state index < -0.39 is 10.1 Å². The van der Waals surface area contributed by atoms with Gasteiger partial charge in [-0.25, -0.2) is 8.42 Å². The molecule has 0 atom stereocenters. The molecule has 0 saturated heterocycles. The van der Waals surface area contributed by atoms with E-state index in [0.717, 1.165) is 6.41 Å². The predicted molar refractivity (Wildman–Crippen MR) is 44.6 cm³/mol. The Labute approximate surface area is 102 Å². The van der Waals surface area contributed by atoms with Gasteiger partial charge < -0.3 is 9.45 Å². The molecule has 7 heteroatoms. The van der Waals surface area contributed by atoms with Gasteiger partial charge in [-0.1, -0.05) is 6.92 Å². The van der Waals surface area contributed by atoms with Gasteiger partial charge in [0.25, 0.3) is 0 Å². The zero-order valence-corrected chi connectivity index (χ0v) is 11.3. The standard InChI is InChI=1S/C3H7NO.C3H8O3S.Na/c1-4(2)3-5;1-2-3-7(4,5)6;/h3H,1-2H3;2-3H2,1H3,(H,4,5,6);/q;;+1/p-1. The number of amides is 1. The fourth-order valence-corrected chi connectivity index (χ4v) is 0.750. The monoisotopic (exact) mass is 219 g/mol. The van der Waals surface area contributed by atoms with E-state index in [1.54, 1.807) is 21.0 Å². The summed E-state index contributed by atoms with van der Waals surface area (Å²) in [4.78, 5) is 10.9. The summed E-state index contributed by atoms with van der Waals surface area (Å²) < 4.78 is 29.0. The van der Waals surface area contributed by atoms with Gasteiger partial charge in [0, 0.05) is 19.8 Å². The first-order chi connectivity index (χ1) is 5.33. The number of hydrogen-bond acceptors (Lipinski definition) is 4. The van der Waals surface area contributed by atoms with Gasteiger partial charge in [-0.3, -0.25) is 4.79 Å². The third kappa shape index (κ3) is 32.8. The Morgan fingerprint density at radius 3 is 1.69 bits per heavy atom. The zero-order valence-electron chi connectivity index (χ0n) is 8.48. The maximum Gasteiger partial charge on any atom is 1.00 e. The molecule has 0 fully saturated rings. The van der Waals surface area contributed by atoms with Gasteiger partial charge in [-0.15, -0.1) is 0 Å². The van der Waals surface area contributed by atoms with Crippen LogP contribution in [0.25, 0.3) is 0 Å². The number of hydrogen-bond donors (Lipinski definition) is 0. The quantitative estimate of drug-likeness (QED) is 0.282. The fraction of sp³-hybridized carbons (Fsp3) is 0.833. The van der Waals surface area contributed by atoms with Gasteiger partial charge >= 0.3 is 29.6 Å². The molecule has 0 aromatic rings. The summed E-state index contributed by atoms with van der Waals surface area (Å²) in [5, 5.41) is 0. The minimum Gasteiger partial charge on any atom is -0.748 e. The van der Waals surface area contributed by atoms with Crippen molar-refractivity contribution < 1.29 is 47.3 Å². The normalized spacial score (nSPS) is 8.92. The summed E-state index contributed by atoms with van der Waals surface area (Å²) in [7, 11) is -0.549. The van der Waals surface area contributed by atoms with Crippen LogP contribution in [0.5, 0.6) is 0 Å². The van der Waals surface area contributed by atoms with E-state index in [0.29, 0.717) is 6.42 Å². The molecule has 5 nitrogen and oxygen atoms in total. The first-order valence-corrected chi connectivity index (χ1v) is 4.96. The fourth-order valence-electron chi connectivity index (χ4n) is 0.250. The first-order valence-electron chi connectivity index (χ1n) is 3.38. The van der Waals surface area contributed by atoms with Crippen molar-refractivity contribution in [3.8, 4) is 0 Å². The van der Waals surface area contributed by atoms with E-state index >= 15 is 0 Å². The molecule has 0 radical (unpaired) electrons. The van der Waals surface area contributed by atoms with Crippen LogP contribution in [0.15, 0.2) is 0 Å². The van der Waals surface area contributed by atoms with E-state index in [2.05, 4.69) is 0 Å². The van der Waals surface area contributed by atoms with E-state index in [1.807, 2.05) is 0 Å². The predicted octanol–water partition coefficient (Wildman–Crippen LogP) is -3.35. The minimum atomic E-state index is -3.92. The smallest absolute Gasteiger partial charge is 0.748 e. The summed E-state index contributed by atoms with van der Waals surface area (Å²) in [6.45, 7) is 1.65. The van der Waals surface area contributed by atoms with E-state index in [9.17, 15) is 17.8 Å². The molecule has 0 aromatic carbocycles. The van der Waals surface area contributed by atoms with Crippen LogP contribution in [0, 0.1) is 0 Å². The molecule has 0 aliphatic heterocycles. The second-order valence-electron chi connectivity index (χ2n) is 2.33. The average Bonchev–Trinajstić information content (AvgIpc) is 1.86. The van der Waals surface area contributed by atoms with Gasteiger partial charge in [-0.05, 0) is 6.42 Å². The largest absolute Gasteiger partial charge is 1.00 e. The number of rotatable bonds is 3. The first kappa shape index (κ1) is 19.0. The molecule has 0 spiro atoms. The SMILES string of the molecule is CCCS(=O)(=O)[O-].CN(C)C=O.[Na+]. The van der Waals surface area contributed by atoms with E-state index in [-0.39, 0.29) is 35.3 Å². The van der Waals surface area contributed by atoms with Crippen molar-refractivity contribution in [1.29, 1.82) is 0 Å². The van der Waals surface area contributed by atoms with Crippen LogP contribution in [0.4, 0.5) is 0 Å². The molecule has 1 amide bonds. The van der Waals surface area contributed by atoms with Crippen LogP contribution in [0.2, 0.25) is 0 Å². The molecule has 0 aliphatic carbocycles. The van der Waals surface area contributed by atoms with Crippen LogP contribution < -0.4 is 29.6 Å². The van der Waals surface area contributed by atoms with Crippen molar-refractivity contribution in [3.05, 3.63) is 0 Å². The molecule has 0 bridgehead atoms. The third-order valence-corrected chi connectivity index (χ3v) is 1.57. The van der Waals surface area contributed by atoms with Crippen molar-refractivity contribution in [3.63, 3.8) is 0 Å². The molecular weight excluding hydrogens is 205 g/mol. The molecule has 0 aromatic heterocycles. The van der Waals surface area contributed by atoms with Crippen LogP contribution in [-0.2, 0) is 14.9 Å². The van der Waals surface area contributed by atoms with Crippen LogP contribution in [0.1, 0.15) is 13.3 Å².